The molecule has 2 N–H and O–H groups in total. The Morgan fingerprint density at radius 3 is 2.53 bits per heavy atom. The molecule has 1 heterocycles. The zero-order chi connectivity index (χ0) is 21.8. The highest BCUT2D eigenvalue weighted by molar-refractivity contribution is 6.10. The second kappa shape index (κ2) is 8.45. The van der Waals surface area contributed by atoms with E-state index < -0.39 is 11.9 Å². The predicted molar refractivity (Wildman–Crippen MR) is 111 cm³/mol. The van der Waals surface area contributed by atoms with E-state index in [1.54, 1.807) is 18.2 Å². The average Bonchev–Trinajstić information content (AvgIpc) is 2.99. The van der Waals surface area contributed by atoms with Gasteiger partial charge < -0.3 is 15.0 Å². The molecule has 0 radical (unpaired) electrons. The van der Waals surface area contributed by atoms with Gasteiger partial charge in [-0.3, -0.25) is 4.79 Å². The molecule has 1 amide bonds. The van der Waals surface area contributed by atoms with Crippen molar-refractivity contribution in [2.45, 2.75) is 13.8 Å². The Labute approximate surface area is 172 Å². The molecule has 0 fully saturated rings. The number of hydrogen-bond acceptors (Lipinski definition) is 3. The van der Waals surface area contributed by atoms with Gasteiger partial charge in [-0.15, -0.1) is 0 Å². The molecule has 0 bridgehead atoms. The molecule has 2 aromatic carbocycles. The Hall–Kier alpha value is -4.18. The van der Waals surface area contributed by atoms with Crippen LogP contribution in [0.4, 0.5) is 10.1 Å². The number of hydrogen-bond donors (Lipinski definition) is 2. The SMILES string of the molecule is Cc1cc(/C=C(/C#N)C(=O)Nc2cccc(C(=O)O)c2)c(C)n1-c1cccc(F)c1. The number of nitrogens with zero attached hydrogens (tertiary/aromatic N) is 2. The molecule has 30 heavy (non-hydrogen) atoms. The summed E-state index contributed by atoms with van der Waals surface area (Å²) >= 11 is 0. The second-order valence-electron chi connectivity index (χ2n) is 6.65. The molecule has 0 saturated heterocycles. The number of carbonyl (C=O) groups is 2. The highest BCUT2D eigenvalue weighted by Gasteiger charge is 2.15. The summed E-state index contributed by atoms with van der Waals surface area (Å²) in [6, 6.07) is 15.6. The molecule has 0 unspecified atom stereocenters. The van der Waals surface area contributed by atoms with Gasteiger partial charge in [-0.05, 0) is 68.0 Å². The summed E-state index contributed by atoms with van der Waals surface area (Å²) in [7, 11) is 0. The van der Waals surface area contributed by atoms with Crippen molar-refractivity contribution in [2.75, 3.05) is 5.32 Å². The van der Waals surface area contributed by atoms with Gasteiger partial charge in [0.15, 0.2) is 0 Å². The standard InChI is InChI=1S/C23H18FN3O3/c1-14-9-17(15(2)27(14)21-8-4-6-19(24)12-21)10-18(13-25)22(28)26-20-7-3-5-16(11-20)23(29)30/h3-12H,1-2H3,(H,26,28)(H,29,30)/b18-10-. The highest BCUT2D eigenvalue weighted by Crippen LogP contribution is 2.23. The zero-order valence-electron chi connectivity index (χ0n) is 16.3. The Bertz CT molecular complexity index is 1220. The first-order chi connectivity index (χ1) is 14.3. The number of aromatic carboxylic acids is 1. The smallest absolute Gasteiger partial charge is 0.335 e. The minimum atomic E-state index is -1.12. The van der Waals surface area contributed by atoms with Crippen molar-refractivity contribution < 1.29 is 19.1 Å². The number of rotatable bonds is 5. The van der Waals surface area contributed by atoms with Crippen LogP contribution in [0, 0.1) is 31.0 Å². The van der Waals surface area contributed by atoms with E-state index in [0.717, 1.165) is 11.4 Å². The average molecular weight is 403 g/mol. The minimum Gasteiger partial charge on any atom is -0.478 e. The van der Waals surface area contributed by atoms with Crippen LogP contribution in [0.1, 0.15) is 27.3 Å². The monoisotopic (exact) mass is 403 g/mol. The van der Waals surface area contributed by atoms with Gasteiger partial charge in [-0.25, -0.2) is 9.18 Å². The fourth-order valence-electron chi connectivity index (χ4n) is 3.18. The van der Waals surface area contributed by atoms with Gasteiger partial charge in [0.05, 0.1) is 5.56 Å². The van der Waals surface area contributed by atoms with E-state index in [2.05, 4.69) is 5.32 Å². The third kappa shape index (κ3) is 4.28. The van der Waals surface area contributed by atoms with Crippen molar-refractivity contribution in [3.8, 4) is 11.8 Å². The summed E-state index contributed by atoms with van der Waals surface area (Å²) in [5.74, 6) is -2.14. The number of anilines is 1. The van der Waals surface area contributed by atoms with Crippen LogP contribution in [0.2, 0.25) is 0 Å². The lowest BCUT2D eigenvalue weighted by molar-refractivity contribution is -0.112. The van der Waals surface area contributed by atoms with Crippen molar-refractivity contribution in [2.24, 2.45) is 0 Å². The van der Waals surface area contributed by atoms with Crippen LogP contribution in [0.15, 0.2) is 60.2 Å². The molecule has 3 rings (SSSR count). The predicted octanol–water partition coefficient (Wildman–Crippen LogP) is 4.48. The van der Waals surface area contributed by atoms with E-state index in [1.807, 2.05) is 24.5 Å². The van der Waals surface area contributed by atoms with Crippen molar-refractivity contribution in [1.29, 1.82) is 5.26 Å². The zero-order valence-corrected chi connectivity index (χ0v) is 16.3. The van der Waals surface area contributed by atoms with Gasteiger partial charge in [0.2, 0.25) is 0 Å². The number of nitriles is 1. The quantitative estimate of drug-likeness (QED) is 0.485. The van der Waals surface area contributed by atoms with E-state index >= 15 is 0 Å². The van der Waals surface area contributed by atoms with E-state index in [9.17, 15) is 19.2 Å². The first-order valence-corrected chi connectivity index (χ1v) is 9.01. The number of benzene rings is 2. The van der Waals surface area contributed by atoms with Gasteiger partial charge in [0.1, 0.15) is 17.5 Å². The Kier molecular flexibility index (Phi) is 5.79. The van der Waals surface area contributed by atoms with Gasteiger partial charge in [-0.1, -0.05) is 12.1 Å². The van der Waals surface area contributed by atoms with Gasteiger partial charge in [0, 0.05) is 22.8 Å². The first kappa shape index (κ1) is 20.6. The van der Waals surface area contributed by atoms with Crippen LogP contribution in [-0.2, 0) is 4.79 Å². The van der Waals surface area contributed by atoms with Gasteiger partial charge in [0.25, 0.3) is 5.91 Å². The fraction of sp³-hybridized carbons (Fsp3) is 0.0870. The van der Waals surface area contributed by atoms with Crippen LogP contribution in [-0.4, -0.2) is 21.6 Å². The maximum atomic E-state index is 13.6. The number of nitrogens with one attached hydrogen (secondary N) is 1. The fourth-order valence-corrected chi connectivity index (χ4v) is 3.18. The number of carboxylic acids is 1. The number of carboxylic acid groups (broad SMARTS) is 1. The van der Waals surface area contributed by atoms with Crippen LogP contribution in [0.25, 0.3) is 11.8 Å². The third-order valence-electron chi connectivity index (χ3n) is 4.57. The minimum absolute atomic E-state index is 0.0222. The molecule has 0 spiro atoms. The largest absolute Gasteiger partial charge is 0.478 e. The first-order valence-electron chi connectivity index (χ1n) is 9.01. The number of aryl methyl sites for hydroxylation is 1. The Morgan fingerprint density at radius 2 is 1.87 bits per heavy atom. The lowest BCUT2D eigenvalue weighted by Gasteiger charge is -2.09. The Morgan fingerprint density at radius 1 is 1.13 bits per heavy atom. The number of amides is 1. The van der Waals surface area contributed by atoms with Gasteiger partial charge in [-0.2, -0.15) is 5.26 Å². The third-order valence-corrected chi connectivity index (χ3v) is 4.57. The molecule has 6 nitrogen and oxygen atoms in total. The van der Waals surface area contributed by atoms with E-state index in [1.165, 1.54) is 42.5 Å². The topological polar surface area (TPSA) is 95.1 Å². The summed E-state index contributed by atoms with van der Waals surface area (Å²) in [6.07, 6.45) is 1.45. The summed E-state index contributed by atoms with van der Waals surface area (Å²) in [4.78, 5) is 23.6. The molecule has 150 valence electrons. The second-order valence-corrected chi connectivity index (χ2v) is 6.65. The van der Waals surface area contributed by atoms with Crippen LogP contribution >= 0.6 is 0 Å². The summed E-state index contributed by atoms with van der Waals surface area (Å²) < 4.78 is 15.5. The van der Waals surface area contributed by atoms with Crippen LogP contribution in [0.5, 0.6) is 0 Å². The maximum Gasteiger partial charge on any atom is 0.335 e. The van der Waals surface area contributed by atoms with Crippen molar-refractivity contribution in [1.82, 2.24) is 4.57 Å². The Balaban J connectivity index is 1.92. The number of carbonyl (C=O) groups excluding carboxylic acids is 1. The molecule has 7 heteroatoms. The van der Waals surface area contributed by atoms with Crippen molar-refractivity contribution in [3.63, 3.8) is 0 Å². The molecule has 0 aliphatic carbocycles. The van der Waals surface area contributed by atoms with Crippen molar-refractivity contribution >= 4 is 23.6 Å². The van der Waals surface area contributed by atoms with Crippen LogP contribution in [0.3, 0.4) is 0 Å². The number of halogens is 1. The summed E-state index contributed by atoms with van der Waals surface area (Å²) in [6.45, 7) is 3.66. The molecule has 3 aromatic rings. The van der Waals surface area contributed by atoms with E-state index in [4.69, 9.17) is 5.11 Å². The maximum absolute atomic E-state index is 13.6. The summed E-state index contributed by atoms with van der Waals surface area (Å²) in [5, 5.41) is 21.1. The number of aromatic nitrogens is 1. The molecule has 0 aliphatic heterocycles. The van der Waals surface area contributed by atoms with Crippen molar-refractivity contribution in [3.05, 3.63) is 88.5 Å². The molecule has 0 atom stereocenters. The molecule has 1 aromatic heterocycles. The molecule has 0 saturated carbocycles. The molecular formula is C23H18FN3O3. The van der Waals surface area contributed by atoms with Gasteiger partial charge >= 0.3 is 5.97 Å². The van der Waals surface area contributed by atoms with Crippen LogP contribution < -0.4 is 5.32 Å². The lowest BCUT2D eigenvalue weighted by atomic mass is 10.1. The molecule has 0 aliphatic rings. The highest BCUT2D eigenvalue weighted by atomic mass is 19.1. The summed E-state index contributed by atoms with van der Waals surface area (Å²) in [5.41, 5.74) is 2.99. The van der Waals surface area contributed by atoms with E-state index in [0.29, 0.717) is 11.3 Å². The lowest BCUT2D eigenvalue weighted by Crippen LogP contribution is -2.14. The van der Waals surface area contributed by atoms with E-state index in [-0.39, 0.29) is 22.6 Å². The normalized spacial score (nSPS) is 11.1. The molecular weight excluding hydrogens is 385 g/mol.